The van der Waals surface area contributed by atoms with E-state index in [1.807, 2.05) is 47.9 Å². The molecule has 4 aromatic rings. The van der Waals surface area contributed by atoms with E-state index in [1.54, 1.807) is 28.3 Å². The van der Waals surface area contributed by atoms with E-state index in [-0.39, 0.29) is 61.5 Å². The lowest BCUT2D eigenvalue weighted by atomic mass is 9.76. The van der Waals surface area contributed by atoms with E-state index in [1.165, 1.54) is 14.2 Å². The van der Waals surface area contributed by atoms with Crippen LogP contribution in [0, 0.1) is 36.5 Å². The number of benzene rings is 4. The summed E-state index contributed by atoms with van der Waals surface area (Å²) in [5.41, 5.74) is 7.85. The van der Waals surface area contributed by atoms with Gasteiger partial charge in [0.15, 0.2) is 23.0 Å². The number of ether oxygens (including phenoxy) is 6. The first-order valence-electron chi connectivity index (χ1n) is 21.6. The van der Waals surface area contributed by atoms with Crippen LogP contribution < -0.4 is 29.6 Å². The number of hydrogen-bond acceptors (Lipinski definition) is 14. The van der Waals surface area contributed by atoms with E-state index in [0.717, 1.165) is 22.3 Å². The van der Waals surface area contributed by atoms with Crippen LogP contribution in [0.15, 0.2) is 48.5 Å². The molecule has 15 heteroatoms. The average molecular weight is 875 g/mol. The zero-order chi connectivity index (χ0) is 45.8. The number of amides is 1. The van der Waals surface area contributed by atoms with Crippen LogP contribution in [-0.4, -0.2) is 119 Å². The predicted molar refractivity (Wildman–Crippen MR) is 239 cm³/mol. The molecular formula is C49H58N6O9. The summed E-state index contributed by atoms with van der Waals surface area (Å²) in [4.78, 5) is 17.8. The van der Waals surface area contributed by atoms with Crippen molar-refractivity contribution in [3.8, 4) is 57.8 Å². The van der Waals surface area contributed by atoms with Crippen molar-refractivity contribution in [2.75, 3.05) is 74.9 Å². The highest BCUT2D eigenvalue weighted by Crippen LogP contribution is 2.54. The standard InChI is InChI=1S/C49H58N6O9/c1-9-54(20-21-59-4)39(24-51)38-23-34-41(44(57)48(63-8)28(3)46(34)61-6)42(55(38)19-18-50)36-22-33-40(43(56)47(62-7)27(2)45(33)60-5)37(53-36)25-52-49(58)64-26-35-31-16-12-10-14-29(31)30-15-11-13-17-32(30)35/h10-17,35-39,42,53,56-57H,9,19-23,25-26H2,1-8H3,(H,52,58)/t36?,37-,38?,39+,42?/m0/s1. The largest absolute Gasteiger partial charge is 0.504 e. The van der Waals surface area contributed by atoms with Crippen molar-refractivity contribution in [2.24, 2.45) is 0 Å². The van der Waals surface area contributed by atoms with Crippen molar-refractivity contribution in [1.29, 1.82) is 10.5 Å². The number of aromatic hydroxyl groups is 2. The van der Waals surface area contributed by atoms with Gasteiger partial charge < -0.3 is 49.3 Å². The molecule has 1 aliphatic carbocycles. The number of likely N-dealkylation sites (N-methyl/N-ethyl adjacent to an activating group) is 1. The number of phenols is 2. The van der Waals surface area contributed by atoms with Crippen molar-refractivity contribution in [2.45, 2.75) is 69.7 Å². The number of alkyl carbamates (subject to hydrolysis) is 1. The molecule has 0 spiro atoms. The van der Waals surface area contributed by atoms with Gasteiger partial charge in [-0.15, -0.1) is 0 Å². The average Bonchev–Trinajstić information content (AvgIpc) is 3.62. The zero-order valence-electron chi connectivity index (χ0n) is 37.8. The third-order valence-electron chi connectivity index (χ3n) is 13.3. The molecule has 4 aromatic carbocycles. The van der Waals surface area contributed by atoms with Gasteiger partial charge in [-0.05, 0) is 55.5 Å². The second kappa shape index (κ2) is 19.7. The molecule has 64 heavy (non-hydrogen) atoms. The Morgan fingerprint density at radius 2 is 1.42 bits per heavy atom. The maximum absolute atomic E-state index is 13.8. The van der Waals surface area contributed by atoms with Gasteiger partial charge >= 0.3 is 6.09 Å². The van der Waals surface area contributed by atoms with Gasteiger partial charge in [0.25, 0.3) is 0 Å². The SMILES string of the molecule is CCN(CCOC)[C@H](C#N)C1Cc2c(OC)c(C)c(OC)c(O)c2C(C2Cc3c(OC)c(C)c(OC)c(O)c3[C@H](CNC(=O)OCC3c4ccccc4-c4ccccc43)N2)N1CC#N. The van der Waals surface area contributed by atoms with Crippen LogP contribution in [-0.2, 0) is 22.3 Å². The first-order chi connectivity index (χ1) is 31.0. The van der Waals surface area contributed by atoms with Crippen LogP contribution >= 0.6 is 0 Å². The minimum Gasteiger partial charge on any atom is -0.504 e. The molecule has 0 bridgehead atoms. The number of fused-ring (bicyclic) bond motifs is 5. The Bertz CT molecular complexity index is 2420. The molecule has 0 saturated heterocycles. The molecule has 0 radical (unpaired) electrons. The van der Waals surface area contributed by atoms with Gasteiger partial charge in [0.2, 0.25) is 0 Å². The summed E-state index contributed by atoms with van der Waals surface area (Å²) in [5, 5.41) is 52.4. The summed E-state index contributed by atoms with van der Waals surface area (Å²) >= 11 is 0. The molecular weight excluding hydrogens is 817 g/mol. The van der Waals surface area contributed by atoms with Crippen LogP contribution in [0.4, 0.5) is 4.79 Å². The van der Waals surface area contributed by atoms with Gasteiger partial charge in [0.1, 0.15) is 24.1 Å². The maximum Gasteiger partial charge on any atom is 0.407 e. The predicted octanol–water partition coefficient (Wildman–Crippen LogP) is 6.20. The molecule has 1 amide bonds. The summed E-state index contributed by atoms with van der Waals surface area (Å²) in [6.07, 6.45) is -0.150. The van der Waals surface area contributed by atoms with Gasteiger partial charge in [0.05, 0.1) is 65.8 Å². The maximum atomic E-state index is 13.8. The number of carbonyl (C=O) groups excluding carboxylic acids is 1. The summed E-state index contributed by atoms with van der Waals surface area (Å²) in [6.45, 7) is 6.95. The molecule has 15 nitrogen and oxygen atoms in total. The lowest BCUT2D eigenvalue weighted by molar-refractivity contribution is 0.0393. The number of nitrogens with zero attached hydrogens (tertiary/aromatic N) is 4. The Balaban J connectivity index is 1.31. The molecule has 2 aliphatic heterocycles. The Morgan fingerprint density at radius 1 is 0.859 bits per heavy atom. The molecule has 3 unspecified atom stereocenters. The molecule has 0 fully saturated rings. The highest BCUT2D eigenvalue weighted by atomic mass is 16.5. The topological polar surface area (TPSA) is 191 Å². The van der Waals surface area contributed by atoms with E-state index in [2.05, 4.69) is 47.0 Å². The minimum absolute atomic E-state index is 0.0433. The van der Waals surface area contributed by atoms with E-state index in [0.29, 0.717) is 64.6 Å². The third-order valence-corrected chi connectivity index (χ3v) is 13.3. The number of rotatable bonds is 16. The Kier molecular flexibility index (Phi) is 14.1. The van der Waals surface area contributed by atoms with Gasteiger partial charge in [-0.2, -0.15) is 10.5 Å². The smallest absolute Gasteiger partial charge is 0.407 e. The molecule has 0 aromatic heterocycles. The van der Waals surface area contributed by atoms with Crippen LogP contribution in [0.2, 0.25) is 0 Å². The lowest BCUT2D eigenvalue weighted by Gasteiger charge is -2.50. The van der Waals surface area contributed by atoms with Gasteiger partial charge in [-0.3, -0.25) is 9.80 Å². The summed E-state index contributed by atoms with van der Waals surface area (Å²) in [6, 6.07) is 17.7. The van der Waals surface area contributed by atoms with Gasteiger partial charge in [-0.1, -0.05) is 55.5 Å². The number of phenolic OH excluding ortho intramolecular Hbond substituents is 2. The van der Waals surface area contributed by atoms with Gasteiger partial charge in [-0.25, -0.2) is 4.79 Å². The van der Waals surface area contributed by atoms with Crippen molar-refractivity contribution in [3.63, 3.8) is 0 Å². The van der Waals surface area contributed by atoms with E-state index < -0.39 is 36.3 Å². The number of methoxy groups -OCH3 is 5. The Hall–Kier alpha value is -6.23. The van der Waals surface area contributed by atoms with Crippen molar-refractivity contribution >= 4 is 6.09 Å². The molecule has 0 saturated carbocycles. The highest BCUT2D eigenvalue weighted by Gasteiger charge is 2.49. The fourth-order valence-electron chi connectivity index (χ4n) is 10.6. The number of nitrogens with one attached hydrogen (secondary N) is 2. The lowest BCUT2D eigenvalue weighted by Crippen LogP contribution is -2.60. The van der Waals surface area contributed by atoms with Crippen molar-refractivity contribution in [3.05, 3.63) is 93.0 Å². The Morgan fingerprint density at radius 3 is 1.95 bits per heavy atom. The van der Waals surface area contributed by atoms with E-state index >= 15 is 0 Å². The van der Waals surface area contributed by atoms with Crippen LogP contribution in [0.5, 0.6) is 34.5 Å². The van der Waals surface area contributed by atoms with Crippen molar-refractivity contribution in [1.82, 2.24) is 20.4 Å². The van der Waals surface area contributed by atoms with E-state index in [4.69, 9.17) is 28.4 Å². The molecule has 338 valence electrons. The molecule has 3 aliphatic rings. The fourth-order valence-corrected chi connectivity index (χ4v) is 10.6. The number of carbonyl (C=O) groups is 1. The highest BCUT2D eigenvalue weighted by molar-refractivity contribution is 5.79. The number of nitriles is 2. The van der Waals surface area contributed by atoms with E-state index in [9.17, 15) is 25.5 Å². The summed E-state index contributed by atoms with van der Waals surface area (Å²) in [7, 11) is 7.68. The summed E-state index contributed by atoms with van der Waals surface area (Å²) in [5.74, 6) is 1.08. The van der Waals surface area contributed by atoms with Crippen molar-refractivity contribution < 1.29 is 43.4 Å². The van der Waals surface area contributed by atoms with Gasteiger partial charge in [0, 0.05) is 71.6 Å². The third kappa shape index (κ3) is 7.98. The molecule has 7 rings (SSSR count). The minimum atomic E-state index is -0.784. The first kappa shape index (κ1) is 45.8. The van der Waals surface area contributed by atoms with Crippen LogP contribution in [0.1, 0.15) is 69.4 Å². The first-order valence-corrected chi connectivity index (χ1v) is 21.6. The van der Waals surface area contributed by atoms with Crippen LogP contribution in [0.25, 0.3) is 11.1 Å². The second-order valence-electron chi connectivity index (χ2n) is 16.3. The molecule has 5 atom stereocenters. The monoisotopic (exact) mass is 874 g/mol. The Labute approximate surface area is 375 Å². The quantitative estimate of drug-likeness (QED) is 0.0932. The fraction of sp³-hybridized carbons (Fsp3) is 0.449. The molecule has 2 heterocycles. The van der Waals surface area contributed by atoms with Crippen LogP contribution in [0.3, 0.4) is 0 Å². The second-order valence-corrected chi connectivity index (χ2v) is 16.3. The normalized spacial score (nSPS) is 19.3. The molecule has 4 N–H and O–H groups in total. The summed E-state index contributed by atoms with van der Waals surface area (Å²) < 4.78 is 35.1. The zero-order valence-corrected chi connectivity index (χ0v) is 37.8. The number of hydrogen-bond donors (Lipinski definition) is 4.